The summed E-state index contributed by atoms with van der Waals surface area (Å²) in [7, 11) is 3.12. The second-order valence-electron chi connectivity index (χ2n) is 11.3. The van der Waals surface area contributed by atoms with Crippen LogP contribution < -0.4 is 20.9 Å². The summed E-state index contributed by atoms with van der Waals surface area (Å²) >= 11 is 0. The molecule has 1 saturated heterocycles. The third-order valence-corrected chi connectivity index (χ3v) is 8.69. The quantitative estimate of drug-likeness (QED) is 0.151. The summed E-state index contributed by atoms with van der Waals surface area (Å²) in [5.74, 6) is 0.480. The van der Waals surface area contributed by atoms with E-state index in [1.807, 2.05) is 54.6 Å². The summed E-state index contributed by atoms with van der Waals surface area (Å²) in [6, 6.07) is 33.7. The summed E-state index contributed by atoms with van der Waals surface area (Å²) in [6.45, 7) is 0. The van der Waals surface area contributed by atoms with Crippen LogP contribution in [0.3, 0.4) is 0 Å². The first-order valence-electron chi connectivity index (χ1n) is 15.2. The highest BCUT2D eigenvalue weighted by Gasteiger charge is 2.57. The van der Waals surface area contributed by atoms with Gasteiger partial charge in [0.05, 0.1) is 25.2 Å². The van der Waals surface area contributed by atoms with Crippen LogP contribution in [-0.4, -0.2) is 64.4 Å². The van der Waals surface area contributed by atoms with Crippen molar-refractivity contribution < 1.29 is 34.0 Å². The van der Waals surface area contributed by atoms with E-state index in [1.54, 1.807) is 68.8 Å². The Hall–Kier alpha value is -5.49. The Balaban J connectivity index is 1.63. The van der Waals surface area contributed by atoms with E-state index in [-0.39, 0.29) is 11.4 Å². The van der Waals surface area contributed by atoms with Gasteiger partial charge in [-0.3, -0.25) is 4.57 Å². The maximum atomic E-state index is 14.0. The normalized spacial score (nSPS) is 19.8. The smallest absolute Gasteiger partial charge is 0.351 e. The Kier molecular flexibility index (Phi) is 9.26. The maximum absolute atomic E-state index is 14.0. The molecular formula is C37H35N3O8. The van der Waals surface area contributed by atoms with E-state index in [9.17, 15) is 19.8 Å². The van der Waals surface area contributed by atoms with Crippen LogP contribution in [0.2, 0.25) is 0 Å². The molecule has 6 rings (SSSR count). The molecule has 48 heavy (non-hydrogen) atoms. The molecule has 11 heteroatoms. The van der Waals surface area contributed by atoms with E-state index in [0.29, 0.717) is 28.2 Å². The minimum Gasteiger partial charge on any atom is -0.497 e. The predicted octanol–water partition coefficient (Wildman–Crippen LogP) is 3.72. The van der Waals surface area contributed by atoms with Crippen molar-refractivity contribution in [2.24, 2.45) is 0 Å². The first-order chi connectivity index (χ1) is 23.3. The van der Waals surface area contributed by atoms with Crippen molar-refractivity contribution in [1.82, 2.24) is 9.55 Å². The zero-order valence-corrected chi connectivity index (χ0v) is 26.2. The van der Waals surface area contributed by atoms with Crippen molar-refractivity contribution in [1.29, 1.82) is 0 Å². The zero-order chi connectivity index (χ0) is 33.8. The highest BCUT2D eigenvalue weighted by molar-refractivity contribution is 5.89. The second-order valence-corrected chi connectivity index (χ2v) is 11.3. The number of methoxy groups -OCH3 is 2. The van der Waals surface area contributed by atoms with Crippen LogP contribution in [0.5, 0.6) is 11.5 Å². The number of nitrogens with two attached hydrogens (primary N) is 1. The lowest BCUT2D eigenvalue weighted by atomic mass is 9.63. The van der Waals surface area contributed by atoms with E-state index < -0.39 is 47.7 Å². The highest BCUT2D eigenvalue weighted by atomic mass is 16.6. The van der Waals surface area contributed by atoms with Crippen molar-refractivity contribution in [3.8, 4) is 11.5 Å². The van der Waals surface area contributed by atoms with Crippen molar-refractivity contribution in [2.45, 2.75) is 36.1 Å². The fraction of sp³-hybridized carbons (Fsp3) is 0.216. The van der Waals surface area contributed by atoms with Crippen LogP contribution in [0.15, 0.2) is 126 Å². The molecule has 4 aromatic carbocycles. The van der Waals surface area contributed by atoms with E-state index in [4.69, 9.17) is 24.7 Å². The number of hydrogen-bond donors (Lipinski definition) is 3. The minimum atomic E-state index is -1.63. The molecule has 0 amide bonds. The number of nitrogen functional groups attached to an aromatic ring is 1. The van der Waals surface area contributed by atoms with E-state index in [1.165, 1.54) is 12.3 Å². The molecule has 11 nitrogen and oxygen atoms in total. The van der Waals surface area contributed by atoms with E-state index in [2.05, 4.69) is 4.98 Å². The van der Waals surface area contributed by atoms with Crippen LogP contribution in [0.4, 0.5) is 5.82 Å². The fourth-order valence-electron chi connectivity index (χ4n) is 6.35. The second kappa shape index (κ2) is 13.7. The maximum Gasteiger partial charge on any atom is 0.351 e. The first-order valence-corrected chi connectivity index (χ1v) is 15.2. The molecule has 1 aliphatic heterocycles. The summed E-state index contributed by atoms with van der Waals surface area (Å²) < 4.78 is 24.9. The highest BCUT2D eigenvalue weighted by Crippen LogP contribution is 2.49. The molecule has 0 bridgehead atoms. The molecule has 5 atom stereocenters. The van der Waals surface area contributed by atoms with Crippen LogP contribution >= 0.6 is 0 Å². The lowest BCUT2D eigenvalue weighted by Gasteiger charge is -2.44. The van der Waals surface area contributed by atoms with Gasteiger partial charge in [0, 0.05) is 6.20 Å². The molecule has 0 spiro atoms. The van der Waals surface area contributed by atoms with Crippen LogP contribution in [0.25, 0.3) is 0 Å². The van der Waals surface area contributed by atoms with Crippen molar-refractivity contribution in [3.63, 3.8) is 0 Å². The molecule has 2 heterocycles. The van der Waals surface area contributed by atoms with Gasteiger partial charge in [0.25, 0.3) is 0 Å². The number of rotatable bonds is 10. The number of aliphatic hydroxyl groups is 2. The van der Waals surface area contributed by atoms with Crippen molar-refractivity contribution >= 4 is 11.8 Å². The zero-order valence-electron chi connectivity index (χ0n) is 26.2. The molecular weight excluding hydrogens is 614 g/mol. The summed E-state index contributed by atoms with van der Waals surface area (Å²) in [5, 5.41) is 23.2. The third-order valence-electron chi connectivity index (χ3n) is 8.69. The number of hydrogen-bond acceptors (Lipinski definition) is 10. The van der Waals surface area contributed by atoms with Crippen LogP contribution in [0, 0.1) is 0 Å². The van der Waals surface area contributed by atoms with E-state index in [0.717, 1.165) is 4.57 Å². The summed E-state index contributed by atoms with van der Waals surface area (Å²) in [4.78, 5) is 30.7. The number of carbonyl (C=O) groups excluding carboxylic acids is 1. The number of esters is 1. The topological polar surface area (TPSA) is 155 Å². The fourth-order valence-corrected chi connectivity index (χ4v) is 6.35. The van der Waals surface area contributed by atoms with E-state index >= 15 is 0 Å². The standard InChI is InChI=1S/C37H35N3O8/c1-45-27-17-13-25(14-18-27)37(24-11-7-4-8-12-24,26-15-19-28(46-2)20-16-26)33(48-35(43)23-9-5-3-6-10-23)32-30(41)31(42)34(47-32)40-22-21-29(38)39-36(40)44/h3-22,30-34,41-42H,1-2H3,(H2,38,39,44)/t30-,31+,32-,33?,34+/m0/s1. The summed E-state index contributed by atoms with van der Waals surface area (Å²) in [5.41, 5.74) is 5.81. The molecule has 0 radical (unpaired) electrons. The Bertz CT molecular complexity index is 1850. The van der Waals surface area contributed by atoms with Gasteiger partial charge in [0.15, 0.2) is 6.23 Å². The van der Waals surface area contributed by atoms with Gasteiger partial charge in [-0.25, -0.2) is 9.59 Å². The third kappa shape index (κ3) is 5.90. The molecule has 0 aliphatic carbocycles. The number of aliphatic hydroxyl groups excluding tert-OH is 2. The average molecular weight is 650 g/mol. The molecule has 1 unspecified atom stereocenters. The largest absolute Gasteiger partial charge is 0.497 e. The van der Waals surface area contributed by atoms with Gasteiger partial charge in [0.1, 0.15) is 41.7 Å². The Morgan fingerprint density at radius 3 is 1.83 bits per heavy atom. The molecule has 246 valence electrons. The number of aromatic nitrogens is 2. The number of benzene rings is 4. The van der Waals surface area contributed by atoms with Gasteiger partial charge in [-0.1, -0.05) is 72.8 Å². The lowest BCUT2D eigenvalue weighted by molar-refractivity contribution is -0.105. The number of nitrogens with zero attached hydrogens (tertiary/aromatic N) is 2. The first kappa shape index (κ1) is 32.5. The SMILES string of the molecule is COc1ccc(C(c2ccccc2)(c2ccc(OC)cc2)C(OC(=O)c2ccccc2)[C@H]2O[C@@H](n3ccc(N)nc3=O)[C@H](O)[C@@H]2O)cc1. The summed E-state index contributed by atoms with van der Waals surface area (Å²) in [6.07, 6.45) is -6.03. The molecule has 1 aromatic heterocycles. The molecule has 1 fully saturated rings. The van der Waals surface area contributed by atoms with Gasteiger partial charge < -0.3 is 34.9 Å². The molecule has 1 aliphatic rings. The predicted molar refractivity (Wildman–Crippen MR) is 177 cm³/mol. The molecule has 4 N–H and O–H groups in total. The van der Waals surface area contributed by atoms with Gasteiger partial charge >= 0.3 is 11.7 Å². The van der Waals surface area contributed by atoms with Gasteiger partial charge in [-0.2, -0.15) is 4.98 Å². The number of carbonyl (C=O) groups is 1. The number of anilines is 1. The average Bonchev–Trinajstić information content (AvgIpc) is 3.42. The Morgan fingerprint density at radius 2 is 1.31 bits per heavy atom. The van der Waals surface area contributed by atoms with Gasteiger partial charge in [0.2, 0.25) is 0 Å². The molecule has 0 saturated carbocycles. The monoisotopic (exact) mass is 649 g/mol. The van der Waals surface area contributed by atoms with Gasteiger partial charge in [-0.15, -0.1) is 0 Å². The Morgan fingerprint density at radius 1 is 0.792 bits per heavy atom. The van der Waals surface area contributed by atoms with Gasteiger partial charge in [-0.05, 0) is 59.2 Å². The minimum absolute atomic E-state index is 0.0161. The lowest BCUT2D eigenvalue weighted by Crippen LogP contribution is -2.54. The van der Waals surface area contributed by atoms with Crippen LogP contribution in [0.1, 0.15) is 33.3 Å². The number of ether oxygens (including phenoxy) is 4. The van der Waals surface area contributed by atoms with Crippen LogP contribution in [-0.2, 0) is 14.9 Å². The van der Waals surface area contributed by atoms with Crippen molar-refractivity contribution in [3.05, 3.63) is 154 Å². The molecule has 5 aromatic rings. The Labute approximate surface area is 276 Å². The van der Waals surface area contributed by atoms with Crippen molar-refractivity contribution in [2.75, 3.05) is 20.0 Å².